The van der Waals surface area contributed by atoms with Crippen molar-refractivity contribution in [3.8, 4) is 0 Å². The number of piperazine rings is 1. The number of nitrogens with zero attached hydrogens (tertiary/aromatic N) is 5. The van der Waals surface area contributed by atoms with Gasteiger partial charge in [-0.05, 0) is 85.7 Å². The second-order valence-corrected chi connectivity index (χ2v) is 16.1. The average molecular weight is 700 g/mol. The summed E-state index contributed by atoms with van der Waals surface area (Å²) in [6.45, 7) is 15.3. The Morgan fingerprint density at radius 3 is 2.22 bits per heavy atom. The quantitative estimate of drug-likeness (QED) is 0.251. The van der Waals surface area contributed by atoms with Crippen LogP contribution in [0.3, 0.4) is 0 Å². The highest BCUT2D eigenvalue weighted by atomic mass is 16.2. The van der Waals surface area contributed by atoms with Crippen LogP contribution in [-0.4, -0.2) is 110 Å². The first kappa shape index (κ1) is 36.5. The molecule has 4 amide bonds. The van der Waals surface area contributed by atoms with Crippen molar-refractivity contribution in [2.24, 2.45) is 16.7 Å². The van der Waals surface area contributed by atoms with Gasteiger partial charge in [-0.1, -0.05) is 27.7 Å². The van der Waals surface area contributed by atoms with Crippen LogP contribution in [0.1, 0.15) is 97.3 Å². The zero-order valence-electron chi connectivity index (χ0n) is 30.7. The maximum Gasteiger partial charge on any atom is 0.262 e. The molecule has 0 spiro atoms. The van der Waals surface area contributed by atoms with Crippen LogP contribution in [0.4, 0.5) is 11.5 Å². The molecule has 1 aromatic heterocycles. The van der Waals surface area contributed by atoms with Crippen molar-refractivity contribution in [3.63, 3.8) is 0 Å². The maximum atomic E-state index is 13.4. The van der Waals surface area contributed by atoms with Crippen molar-refractivity contribution in [2.45, 2.75) is 78.3 Å². The SMILES string of the molecule is CNC(=O)C(CCC=O)N1C(=O)c2ccc(N3CCN(CCC4CCN(c5ccc(C(=O)NC6C(C)(C)CC6(C)C)cn5)CC4)CC3)cc2C1=O. The van der Waals surface area contributed by atoms with Gasteiger partial charge < -0.3 is 25.2 Å². The molecule has 0 bridgehead atoms. The Balaban J connectivity index is 0.942. The third-order valence-corrected chi connectivity index (χ3v) is 11.6. The van der Waals surface area contributed by atoms with Gasteiger partial charge in [0.25, 0.3) is 17.7 Å². The second-order valence-electron chi connectivity index (χ2n) is 16.1. The monoisotopic (exact) mass is 699 g/mol. The lowest BCUT2D eigenvalue weighted by molar-refractivity contribution is -0.124. The van der Waals surface area contributed by atoms with Gasteiger partial charge in [-0.25, -0.2) is 4.98 Å². The molecule has 4 aliphatic rings. The summed E-state index contributed by atoms with van der Waals surface area (Å²) in [5.74, 6) is 0.0869. The van der Waals surface area contributed by atoms with Crippen LogP contribution in [0.15, 0.2) is 36.5 Å². The molecule has 3 fully saturated rings. The van der Waals surface area contributed by atoms with E-state index in [-0.39, 0.29) is 35.6 Å². The van der Waals surface area contributed by atoms with Crippen molar-refractivity contribution >= 4 is 41.4 Å². The number of benzene rings is 1. The summed E-state index contributed by atoms with van der Waals surface area (Å²) < 4.78 is 0. The molecule has 1 unspecified atom stereocenters. The number of pyridine rings is 1. The van der Waals surface area contributed by atoms with E-state index in [9.17, 15) is 24.0 Å². The molecule has 1 saturated carbocycles. The Morgan fingerprint density at radius 2 is 1.61 bits per heavy atom. The number of fused-ring (bicyclic) bond motifs is 1. The minimum Gasteiger partial charge on any atom is -0.369 e. The molecule has 51 heavy (non-hydrogen) atoms. The zero-order chi connectivity index (χ0) is 36.5. The van der Waals surface area contributed by atoms with Gasteiger partial charge in [0.2, 0.25) is 5.91 Å². The Morgan fingerprint density at radius 1 is 0.922 bits per heavy atom. The first-order chi connectivity index (χ1) is 24.3. The third-order valence-electron chi connectivity index (χ3n) is 11.6. The molecule has 12 nitrogen and oxygen atoms in total. The van der Waals surface area contributed by atoms with E-state index in [0.717, 1.165) is 87.9 Å². The predicted octanol–water partition coefficient (Wildman–Crippen LogP) is 3.75. The number of aromatic nitrogens is 1. The summed E-state index contributed by atoms with van der Waals surface area (Å²) in [7, 11) is 1.45. The van der Waals surface area contributed by atoms with Gasteiger partial charge in [0.1, 0.15) is 18.1 Å². The molecular formula is C39H53N7O5. The summed E-state index contributed by atoms with van der Waals surface area (Å²) in [5.41, 5.74) is 2.30. The molecule has 0 radical (unpaired) electrons. The van der Waals surface area contributed by atoms with Crippen molar-refractivity contribution in [1.29, 1.82) is 0 Å². The Bertz CT molecular complexity index is 1630. The maximum absolute atomic E-state index is 13.4. The number of anilines is 2. The summed E-state index contributed by atoms with van der Waals surface area (Å²) in [4.78, 5) is 75.7. The van der Waals surface area contributed by atoms with E-state index in [0.29, 0.717) is 28.9 Å². The largest absolute Gasteiger partial charge is 0.369 e. The molecule has 274 valence electrons. The molecule has 2 saturated heterocycles. The Hall–Kier alpha value is -4.32. The normalized spacial score (nSPS) is 21.2. The minimum absolute atomic E-state index is 0.0505. The zero-order valence-corrected chi connectivity index (χ0v) is 30.7. The summed E-state index contributed by atoms with van der Waals surface area (Å²) >= 11 is 0. The molecule has 2 N–H and O–H groups in total. The first-order valence-electron chi connectivity index (χ1n) is 18.5. The number of hydrogen-bond donors (Lipinski definition) is 2. The molecule has 2 aromatic rings. The van der Waals surface area contributed by atoms with Gasteiger partial charge >= 0.3 is 0 Å². The molecular weight excluding hydrogens is 646 g/mol. The fourth-order valence-electron chi connectivity index (χ4n) is 9.16. The van der Waals surface area contributed by atoms with Crippen LogP contribution < -0.4 is 20.4 Å². The number of rotatable bonds is 12. The van der Waals surface area contributed by atoms with Crippen molar-refractivity contribution in [3.05, 3.63) is 53.2 Å². The highest BCUT2D eigenvalue weighted by Crippen LogP contribution is 2.53. The first-order valence-corrected chi connectivity index (χ1v) is 18.5. The standard InChI is InChI=1S/C39H53N7O5/c1-38(2)25-39(3,4)37(38)42-33(48)27-8-11-32(41-24-27)45-16-13-26(14-17-45)12-15-43-18-20-44(21-19-43)28-9-10-29-30(23-28)36(51)46(35(29)50)31(7-6-22-47)34(49)40-5/h8-11,22-24,26,31,37H,6-7,12-21,25H2,1-5H3,(H,40,49)(H,42,48). The van der Waals surface area contributed by atoms with Gasteiger partial charge in [0, 0.05) is 70.7 Å². The van der Waals surface area contributed by atoms with E-state index in [1.54, 1.807) is 18.3 Å². The molecule has 1 atom stereocenters. The van der Waals surface area contributed by atoms with Crippen LogP contribution in [0.2, 0.25) is 0 Å². The number of nitrogens with one attached hydrogen (secondary N) is 2. The van der Waals surface area contributed by atoms with Crippen molar-refractivity contribution in [1.82, 2.24) is 25.4 Å². The highest BCUT2D eigenvalue weighted by molar-refractivity contribution is 6.23. The van der Waals surface area contributed by atoms with Gasteiger partial charge in [-0.2, -0.15) is 0 Å². The van der Waals surface area contributed by atoms with E-state index >= 15 is 0 Å². The number of hydrogen-bond acceptors (Lipinski definition) is 9. The van der Waals surface area contributed by atoms with E-state index in [1.165, 1.54) is 7.05 Å². The van der Waals surface area contributed by atoms with Crippen LogP contribution in [0.5, 0.6) is 0 Å². The van der Waals surface area contributed by atoms with Gasteiger partial charge in [-0.3, -0.25) is 29.0 Å². The number of piperidine rings is 1. The number of carbonyl (C=O) groups excluding carboxylic acids is 5. The summed E-state index contributed by atoms with van der Waals surface area (Å²) in [6.07, 6.45) is 7.04. The number of aldehydes is 1. The van der Waals surface area contributed by atoms with E-state index in [4.69, 9.17) is 0 Å². The summed E-state index contributed by atoms with van der Waals surface area (Å²) in [5, 5.41) is 5.76. The van der Waals surface area contributed by atoms with Crippen LogP contribution >= 0.6 is 0 Å². The van der Waals surface area contributed by atoms with Gasteiger partial charge in [-0.15, -0.1) is 0 Å². The lowest BCUT2D eigenvalue weighted by Crippen LogP contribution is -2.63. The van der Waals surface area contributed by atoms with Crippen molar-refractivity contribution in [2.75, 3.05) is 62.7 Å². The number of likely N-dealkylation sites (N-methyl/N-ethyl adjacent to an activating group) is 1. The number of imide groups is 1. The smallest absolute Gasteiger partial charge is 0.262 e. The lowest BCUT2D eigenvalue weighted by Gasteiger charge is -2.57. The van der Waals surface area contributed by atoms with Gasteiger partial charge in [0.15, 0.2) is 0 Å². The second kappa shape index (κ2) is 14.7. The summed E-state index contributed by atoms with van der Waals surface area (Å²) in [6, 6.07) is 8.34. The molecule has 1 aromatic carbocycles. The minimum atomic E-state index is -1.02. The fourth-order valence-corrected chi connectivity index (χ4v) is 9.16. The molecule has 1 aliphatic carbocycles. The van der Waals surface area contributed by atoms with Crippen molar-refractivity contribution < 1.29 is 24.0 Å². The van der Waals surface area contributed by atoms with E-state index in [1.807, 2.05) is 18.2 Å². The molecule has 12 heteroatoms. The third kappa shape index (κ3) is 7.52. The highest BCUT2D eigenvalue weighted by Gasteiger charge is 2.53. The van der Waals surface area contributed by atoms with Crippen LogP contribution in [-0.2, 0) is 9.59 Å². The Labute approximate surface area is 301 Å². The van der Waals surface area contributed by atoms with Crippen LogP contribution in [0, 0.1) is 16.7 Å². The molecule has 3 aliphatic heterocycles. The van der Waals surface area contributed by atoms with Gasteiger partial charge in [0.05, 0.1) is 16.7 Å². The number of amides is 4. The van der Waals surface area contributed by atoms with E-state index < -0.39 is 23.8 Å². The average Bonchev–Trinajstić information content (AvgIpc) is 3.37. The molecule has 6 rings (SSSR count). The van der Waals surface area contributed by atoms with E-state index in [2.05, 4.69) is 58.0 Å². The number of carbonyl (C=O) groups is 5. The fraction of sp³-hybridized carbons (Fsp3) is 0.590. The topological polar surface area (TPSA) is 135 Å². The Kier molecular flexibility index (Phi) is 10.5. The van der Waals surface area contributed by atoms with Crippen LogP contribution in [0.25, 0.3) is 0 Å². The molecule has 4 heterocycles. The lowest BCUT2D eigenvalue weighted by atomic mass is 9.52. The predicted molar refractivity (Wildman–Crippen MR) is 196 cm³/mol.